The summed E-state index contributed by atoms with van der Waals surface area (Å²) < 4.78 is 0. The van der Waals surface area contributed by atoms with Gasteiger partial charge in [0.2, 0.25) is 0 Å². The molecule has 3 heteroatoms. The molecule has 0 spiro atoms. The minimum Gasteiger partial charge on any atom is -0.399 e. The smallest absolute Gasteiger partial charge is 0.101 e. The first kappa shape index (κ1) is 12.8. The lowest BCUT2D eigenvalue weighted by molar-refractivity contribution is 0.300. The van der Waals surface area contributed by atoms with Crippen LogP contribution in [0.25, 0.3) is 0 Å². The zero-order valence-corrected chi connectivity index (χ0v) is 10.9. The van der Waals surface area contributed by atoms with Crippen molar-refractivity contribution in [2.45, 2.75) is 32.6 Å². The number of nitrogens with one attached hydrogen (secondary N) is 1. The van der Waals surface area contributed by atoms with Crippen LogP contribution >= 0.6 is 0 Å². The highest BCUT2D eigenvalue weighted by Crippen LogP contribution is 2.28. The molecule has 2 rings (SSSR count). The van der Waals surface area contributed by atoms with E-state index in [-0.39, 0.29) is 0 Å². The van der Waals surface area contributed by atoms with Gasteiger partial charge in [-0.1, -0.05) is 19.8 Å². The van der Waals surface area contributed by atoms with Crippen LogP contribution in [0.1, 0.15) is 38.2 Å². The van der Waals surface area contributed by atoms with Crippen molar-refractivity contribution >= 4 is 11.4 Å². The zero-order valence-electron chi connectivity index (χ0n) is 10.9. The Morgan fingerprint density at radius 3 is 2.72 bits per heavy atom. The van der Waals surface area contributed by atoms with E-state index in [1.807, 2.05) is 12.1 Å². The quantitative estimate of drug-likeness (QED) is 0.800. The first-order valence-electron chi connectivity index (χ1n) is 6.72. The molecule has 0 bridgehead atoms. The second kappa shape index (κ2) is 5.77. The van der Waals surface area contributed by atoms with Gasteiger partial charge in [0.15, 0.2) is 0 Å². The summed E-state index contributed by atoms with van der Waals surface area (Å²) in [7, 11) is 0. The van der Waals surface area contributed by atoms with Crippen LogP contribution in [-0.4, -0.2) is 6.54 Å². The first-order valence-corrected chi connectivity index (χ1v) is 6.72. The Balaban J connectivity index is 1.92. The lowest BCUT2D eigenvalue weighted by Gasteiger charge is -2.26. The summed E-state index contributed by atoms with van der Waals surface area (Å²) in [6.07, 6.45) is 5.26. The molecule has 96 valence electrons. The highest BCUT2D eigenvalue weighted by molar-refractivity contribution is 5.62. The number of nitrogen functional groups attached to an aromatic ring is 1. The predicted octanol–water partition coefficient (Wildman–Crippen LogP) is 3.38. The topological polar surface area (TPSA) is 61.8 Å². The number of hydrogen-bond donors (Lipinski definition) is 2. The average Bonchev–Trinajstić information content (AvgIpc) is 2.39. The molecule has 3 N–H and O–H groups in total. The monoisotopic (exact) mass is 243 g/mol. The van der Waals surface area contributed by atoms with Gasteiger partial charge in [-0.2, -0.15) is 5.26 Å². The van der Waals surface area contributed by atoms with Crippen molar-refractivity contribution < 1.29 is 0 Å². The maximum absolute atomic E-state index is 9.07. The highest BCUT2D eigenvalue weighted by Gasteiger charge is 2.18. The molecule has 1 aromatic rings. The van der Waals surface area contributed by atoms with Crippen LogP contribution in [0.3, 0.4) is 0 Å². The molecule has 0 atom stereocenters. The predicted molar refractivity (Wildman–Crippen MR) is 75.2 cm³/mol. The van der Waals surface area contributed by atoms with Crippen LogP contribution in [-0.2, 0) is 0 Å². The van der Waals surface area contributed by atoms with Gasteiger partial charge in [-0.25, -0.2) is 0 Å². The molecule has 0 amide bonds. The number of nitriles is 1. The summed E-state index contributed by atoms with van der Waals surface area (Å²) in [6, 6.07) is 7.66. The molecule has 0 radical (unpaired) electrons. The van der Waals surface area contributed by atoms with E-state index in [9.17, 15) is 0 Å². The normalized spacial score (nSPS) is 23.3. The third-order valence-electron chi connectivity index (χ3n) is 3.88. The average molecular weight is 243 g/mol. The van der Waals surface area contributed by atoms with Crippen LogP contribution in [0.4, 0.5) is 11.4 Å². The molecule has 1 aliphatic carbocycles. The van der Waals surface area contributed by atoms with E-state index in [1.54, 1.807) is 6.07 Å². The second-order valence-electron chi connectivity index (χ2n) is 5.42. The molecule has 1 saturated carbocycles. The van der Waals surface area contributed by atoms with Gasteiger partial charge < -0.3 is 11.1 Å². The van der Waals surface area contributed by atoms with Gasteiger partial charge in [-0.05, 0) is 42.9 Å². The molecule has 18 heavy (non-hydrogen) atoms. The van der Waals surface area contributed by atoms with Gasteiger partial charge in [0.05, 0.1) is 11.3 Å². The Morgan fingerprint density at radius 2 is 2.06 bits per heavy atom. The standard InChI is InChI=1S/C15H21N3/c1-11-2-4-12(5-3-11)10-18-15-7-6-14(17)8-13(15)9-16/h6-8,11-12,18H,2-5,10,17H2,1H3. The van der Waals surface area contributed by atoms with Crippen molar-refractivity contribution in [1.82, 2.24) is 0 Å². The third-order valence-corrected chi connectivity index (χ3v) is 3.88. The van der Waals surface area contributed by atoms with Gasteiger partial charge >= 0.3 is 0 Å². The molecule has 1 aliphatic rings. The van der Waals surface area contributed by atoms with E-state index in [2.05, 4.69) is 18.3 Å². The van der Waals surface area contributed by atoms with Gasteiger partial charge in [-0.15, -0.1) is 0 Å². The lowest BCUT2D eigenvalue weighted by atomic mass is 9.83. The zero-order chi connectivity index (χ0) is 13.0. The molecule has 0 aliphatic heterocycles. The number of rotatable bonds is 3. The Bertz CT molecular complexity index is 440. The van der Waals surface area contributed by atoms with Crippen molar-refractivity contribution in [3.05, 3.63) is 23.8 Å². The summed E-state index contributed by atoms with van der Waals surface area (Å²) in [5, 5.41) is 12.5. The maximum Gasteiger partial charge on any atom is 0.101 e. The molecular weight excluding hydrogens is 222 g/mol. The molecule has 0 unspecified atom stereocenters. The van der Waals surface area contributed by atoms with E-state index < -0.39 is 0 Å². The van der Waals surface area contributed by atoms with E-state index >= 15 is 0 Å². The van der Waals surface area contributed by atoms with Gasteiger partial charge in [0, 0.05) is 12.2 Å². The van der Waals surface area contributed by atoms with Crippen LogP contribution in [0.2, 0.25) is 0 Å². The molecule has 1 aromatic carbocycles. The number of anilines is 2. The molecule has 1 fully saturated rings. The third kappa shape index (κ3) is 3.16. The van der Waals surface area contributed by atoms with Crippen LogP contribution in [0.5, 0.6) is 0 Å². The summed E-state index contributed by atoms with van der Waals surface area (Å²) in [5.74, 6) is 1.62. The van der Waals surface area contributed by atoms with E-state index in [4.69, 9.17) is 11.0 Å². The summed E-state index contributed by atoms with van der Waals surface area (Å²) >= 11 is 0. The molecule has 0 saturated heterocycles. The summed E-state index contributed by atoms with van der Waals surface area (Å²) in [5.41, 5.74) is 7.87. The number of nitrogens with zero attached hydrogens (tertiary/aromatic N) is 1. The Morgan fingerprint density at radius 1 is 1.33 bits per heavy atom. The molecule has 3 nitrogen and oxygen atoms in total. The maximum atomic E-state index is 9.07. The minimum atomic E-state index is 0.638. The molecule has 0 aromatic heterocycles. The van der Waals surface area contributed by atoms with Crippen molar-refractivity contribution in [2.75, 3.05) is 17.6 Å². The number of nitrogens with two attached hydrogens (primary N) is 1. The van der Waals surface area contributed by atoms with E-state index in [1.165, 1.54) is 25.7 Å². The van der Waals surface area contributed by atoms with Crippen LogP contribution in [0.15, 0.2) is 18.2 Å². The van der Waals surface area contributed by atoms with Crippen molar-refractivity contribution in [3.63, 3.8) is 0 Å². The fourth-order valence-corrected chi connectivity index (χ4v) is 2.60. The SMILES string of the molecule is CC1CCC(CNc2ccc(N)cc2C#N)CC1. The molecular formula is C15H21N3. The van der Waals surface area contributed by atoms with E-state index in [0.29, 0.717) is 11.3 Å². The number of benzene rings is 1. The number of hydrogen-bond acceptors (Lipinski definition) is 3. The Kier molecular flexibility index (Phi) is 4.09. The van der Waals surface area contributed by atoms with Gasteiger partial charge in [0.25, 0.3) is 0 Å². The second-order valence-corrected chi connectivity index (χ2v) is 5.42. The lowest BCUT2D eigenvalue weighted by Crippen LogP contribution is -2.20. The Labute approximate surface area is 109 Å². The van der Waals surface area contributed by atoms with Gasteiger partial charge in [-0.3, -0.25) is 0 Å². The fraction of sp³-hybridized carbons (Fsp3) is 0.533. The minimum absolute atomic E-state index is 0.638. The first-order chi connectivity index (χ1) is 8.69. The van der Waals surface area contributed by atoms with Crippen LogP contribution in [0, 0.1) is 23.2 Å². The summed E-state index contributed by atoms with van der Waals surface area (Å²) in [4.78, 5) is 0. The van der Waals surface area contributed by atoms with Crippen LogP contribution < -0.4 is 11.1 Å². The summed E-state index contributed by atoms with van der Waals surface area (Å²) in [6.45, 7) is 3.29. The van der Waals surface area contributed by atoms with Crippen molar-refractivity contribution in [1.29, 1.82) is 5.26 Å². The fourth-order valence-electron chi connectivity index (χ4n) is 2.60. The van der Waals surface area contributed by atoms with Gasteiger partial charge in [0.1, 0.15) is 6.07 Å². The molecule has 0 heterocycles. The van der Waals surface area contributed by atoms with Crippen molar-refractivity contribution in [3.8, 4) is 6.07 Å². The highest BCUT2D eigenvalue weighted by atomic mass is 14.9. The Hall–Kier alpha value is -1.69. The van der Waals surface area contributed by atoms with E-state index in [0.717, 1.165) is 24.1 Å². The largest absolute Gasteiger partial charge is 0.399 e. The van der Waals surface area contributed by atoms with Crippen molar-refractivity contribution in [2.24, 2.45) is 11.8 Å².